The van der Waals surface area contributed by atoms with E-state index in [9.17, 15) is 0 Å². The van der Waals surface area contributed by atoms with E-state index < -0.39 is 0 Å². The molecule has 1 unspecified atom stereocenters. The third kappa shape index (κ3) is 3.63. The summed E-state index contributed by atoms with van der Waals surface area (Å²) in [6.07, 6.45) is 1.10. The van der Waals surface area contributed by atoms with Crippen LogP contribution in [0.25, 0.3) is 0 Å². The molecule has 0 saturated heterocycles. The highest BCUT2D eigenvalue weighted by Gasteiger charge is 2.23. The molecular weight excluding hydrogens is 430 g/mol. The predicted molar refractivity (Wildman–Crippen MR) is 93.9 cm³/mol. The lowest BCUT2D eigenvalue weighted by atomic mass is 10.1. The normalized spacial score (nSPS) is 12.9. The molecule has 19 heavy (non-hydrogen) atoms. The van der Waals surface area contributed by atoms with Crippen LogP contribution >= 0.6 is 66.1 Å². The molecule has 2 rings (SSSR count). The first-order chi connectivity index (χ1) is 9.04. The average Bonchev–Trinajstić information content (AvgIpc) is 2.86. The Morgan fingerprint density at radius 3 is 2.63 bits per heavy atom. The minimum absolute atomic E-state index is 0.156. The van der Waals surface area contributed by atoms with E-state index in [0.29, 0.717) is 0 Å². The minimum Gasteiger partial charge on any atom is -0.305 e. The topological polar surface area (TPSA) is 12.0 Å². The smallest absolute Gasteiger partial charge is 0.0762 e. The third-order valence-corrected chi connectivity index (χ3v) is 6.94. The zero-order valence-electron chi connectivity index (χ0n) is 10.6. The summed E-state index contributed by atoms with van der Waals surface area (Å²) in [5.74, 6) is 0. The standard InChI is InChI=1S/C13H14Br2ClNS2/c1-3-4-17-11(8-5-9(14)19-13(8)15)12-10(16)7(2)6-18-12/h5-6,11,17H,3-4H2,1-2H3. The molecular formula is C13H14Br2ClNS2. The SMILES string of the molecule is CCCNC(c1cc(Br)sc1Br)c1scc(C)c1Cl. The van der Waals surface area contributed by atoms with Gasteiger partial charge in [0.25, 0.3) is 0 Å². The van der Waals surface area contributed by atoms with Crippen LogP contribution in [0, 0.1) is 6.92 Å². The van der Waals surface area contributed by atoms with E-state index in [0.717, 1.165) is 31.1 Å². The van der Waals surface area contributed by atoms with Crippen LogP contribution in [0.5, 0.6) is 0 Å². The first-order valence-corrected chi connectivity index (χ1v) is 9.62. The number of hydrogen-bond donors (Lipinski definition) is 1. The van der Waals surface area contributed by atoms with Crippen LogP contribution in [0.15, 0.2) is 19.0 Å². The maximum Gasteiger partial charge on any atom is 0.0762 e. The summed E-state index contributed by atoms with van der Waals surface area (Å²) in [5, 5.41) is 6.59. The number of thiophene rings is 2. The van der Waals surface area contributed by atoms with Gasteiger partial charge in [-0.1, -0.05) is 18.5 Å². The Labute approximate surface area is 143 Å². The molecule has 0 aliphatic rings. The Kier molecular flexibility index (Phi) is 5.93. The molecule has 0 saturated carbocycles. The molecule has 1 nitrogen and oxygen atoms in total. The molecule has 2 heterocycles. The van der Waals surface area contributed by atoms with E-state index in [4.69, 9.17) is 11.6 Å². The van der Waals surface area contributed by atoms with Gasteiger partial charge in [-0.05, 0) is 68.8 Å². The summed E-state index contributed by atoms with van der Waals surface area (Å²) in [6, 6.07) is 2.32. The Morgan fingerprint density at radius 1 is 1.42 bits per heavy atom. The van der Waals surface area contributed by atoms with Crippen LogP contribution in [0.4, 0.5) is 0 Å². The number of halogens is 3. The molecule has 2 aromatic heterocycles. The molecule has 0 aliphatic heterocycles. The van der Waals surface area contributed by atoms with Gasteiger partial charge in [0.05, 0.1) is 18.6 Å². The van der Waals surface area contributed by atoms with Gasteiger partial charge in [-0.3, -0.25) is 0 Å². The van der Waals surface area contributed by atoms with Crippen LogP contribution in [0.3, 0.4) is 0 Å². The van der Waals surface area contributed by atoms with Crippen molar-refractivity contribution in [2.45, 2.75) is 26.3 Å². The van der Waals surface area contributed by atoms with Gasteiger partial charge < -0.3 is 5.32 Å². The Balaban J connectivity index is 2.41. The van der Waals surface area contributed by atoms with Crippen molar-refractivity contribution in [3.05, 3.63) is 40.0 Å². The fourth-order valence-corrected chi connectivity index (χ4v) is 6.12. The van der Waals surface area contributed by atoms with Crippen molar-refractivity contribution in [3.8, 4) is 0 Å². The van der Waals surface area contributed by atoms with E-state index in [1.807, 2.05) is 0 Å². The van der Waals surface area contributed by atoms with Crippen LogP contribution in [-0.2, 0) is 0 Å². The van der Waals surface area contributed by atoms with Crippen molar-refractivity contribution in [1.29, 1.82) is 0 Å². The fraction of sp³-hybridized carbons (Fsp3) is 0.385. The largest absolute Gasteiger partial charge is 0.305 e. The molecule has 0 aliphatic carbocycles. The van der Waals surface area contributed by atoms with Crippen LogP contribution in [-0.4, -0.2) is 6.54 Å². The second-order valence-electron chi connectivity index (χ2n) is 4.26. The zero-order valence-corrected chi connectivity index (χ0v) is 16.2. The molecule has 0 fully saturated rings. The fourth-order valence-electron chi connectivity index (χ4n) is 1.83. The highest BCUT2D eigenvalue weighted by molar-refractivity contribution is 9.12. The van der Waals surface area contributed by atoms with Gasteiger partial charge in [0.1, 0.15) is 0 Å². The van der Waals surface area contributed by atoms with Crippen molar-refractivity contribution >= 4 is 66.1 Å². The van der Waals surface area contributed by atoms with Crippen molar-refractivity contribution in [3.63, 3.8) is 0 Å². The molecule has 2 aromatic rings. The summed E-state index contributed by atoms with van der Waals surface area (Å²) in [7, 11) is 0. The van der Waals surface area contributed by atoms with Crippen LogP contribution in [0.2, 0.25) is 5.02 Å². The highest BCUT2D eigenvalue weighted by atomic mass is 79.9. The number of aryl methyl sites for hydroxylation is 1. The maximum absolute atomic E-state index is 6.44. The third-order valence-electron chi connectivity index (χ3n) is 2.78. The summed E-state index contributed by atoms with van der Waals surface area (Å²) in [6.45, 7) is 5.19. The molecule has 0 aromatic carbocycles. The molecule has 0 bridgehead atoms. The first-order valence-electron chi connectivity index (χ1n) is 5.96. The highest BCUT2D eigenvalue weighted by Crippen LogP contribution is 2.42. The van der Waals surface area contributed by atoms with Gasteiger partial charge in [0.15, 0.2) is 0 Å². The lowest BCUT2D eigenvalue weighted by molar-refractivity contribution is 0.606. The van der Waals surface area contributed by atoms with E-state index in [1.165, 1.54) is 10.4 Å². The predicted octanol–water partition coefficient (Wildman–Crippen LogP) is 6.39. The van der Waals surface area contributed by atoms with Crippen molar-refractivity contribution in [1.82, 2.24) is 5.32 Å². The second-order valence-corrected chi connectivity index (χ2v) is 9.30. The van der Waals surface area contributed by atoms with E-state index in [-0.39, 0.29) is 6.04 Å². The molecule has 104 valence electrons. The number of nitrogens with one attached hydrogen (secondary N) is 1. The van der Waals surface area contributed by atoms with Gasteiger partial charge >= 0.3 is 0 Å². The maximum atomic E-state index is 6.44. The number of hydrogen-bond acceptors (Lipinski definition) is 3. The summed E-state index contributed by atoms with van der Waals surface area (Å²) >= 11 is 17.0. The zero-order chi connectivity index (χ0) is 14.0. The Morgan fingerprint density at radius 2 is 2.16 bits per heavy atom. The Hall–Kier alpha value is 0.610. The molecule has 6 heteroatoms. The van der Waals surface area contributed by atoms with Crippen molar-refractivity contribution in [2.24, 2.45) is 0 Å². The molecule has 0 amide bonds. The molecule has 0 spiro atoms. The average molecular weight is 444 g/mol. The van der Waals surface area contributed by atoms with Gasteiger partial charge in [-0.2, -0.15) is 0 Å². The van der Waals surface area contributed by atoms with Crippen LogP contribution in [0.1, 0.15) is 35.4 Å². The van der Waals surface area contributed by atoms with E-state index in [2.05, 4.69) is 62.5 Å². The Bertz CT molecular complexity index is 563. The summed E-state index contributed by atoms with van der Waals surface area (Å²) < 4.78 is 2.28. The molecule has 1 atom stereocenters. The summed E-state index contributed by atoms with van der Waals surface area (Å²) in [5.41, 5.74) is 2.39. The van der Waals surface area contributed by atoms with Crippen molar-refractivity contribution in [2.75, 3.05) is 6.54 Å². The number of rotatable bonds is 5. The monoisotopic (exact) mass is 441 g/mol. The van der Waals surface area contributed by atoms with Crippen LogP contribution < -0.4 is 5.32 Å². The van der Waals surface area contributed by atoms with E-state index >= 15 is 0 Å². The van der Waals surface area contributed by atoms with Gasteiger partial charge in [-0.25, -0.2) is 0 Å². The lowest BCUT2D eigenvalue weighted by Crippen LogP contribution is -2.22. The van der Waals surface area contributed by atoms with Gasteiger partial charge in [0, 0.05) is 10.4 Å². The molecule has 0 radical (unpaired) electrons. The first kappa shape index (κ1) is 16.0. The second kappa shape index (κ2) is 7.05. The van der Waals surface area contributed by atoms with Crippen molar-refractivity contribution < 1.29 is 0 Å². The van der Waals surface area contributed by atoms with E-state index in [1.54, 1.807) is 22.7 Å². The summed E-state index contributed by atoms with van der Waals surface area (Å²) in [4.78, 5) is 1.19. The molecule has 1 N–H and O–H groups in total. The minimum atomic E-state index is 0.156. The van der Waals surface area contributed by atoms with Gasteiger partial charge in [-0.15, -0.1) is 22.7 Å². The lowest BCUT2D eigenvalue weighted by Gasteiger charge is -2.17. The quantitative estimate of drug-likeness (QED) is 0.565. The van der Waals surface area contributed by atoms with Gasteiger partial charge in [0.2, 0.25) is 0 Å².